The average Bonchev–Trinajstić information content (AvgIpc) is 2.59. The molecule has 0 aromatic heterocycles. The molecule has 160 valence electrons. The first-order valence-electron chi connectivity index (χ1n) is 11.0. The molecule has 0 amide bonds. The van der Waals surface area contributed by atoms with Crippen LogP contribution in [0.1, 0.15) is 97.6 Å². The van der Waals surface area contributed by atoms with Crippen molar-refractivity contribution >= 4 is 0 Å². The van der Waals surface area contributed by atoms with Gasteiger partial charge in [0, 0.05) is 6.61 Å². The zero-order valence-corrected chi connectivity index (χ0v) is 19.6. The van der Waals surface area contributed by atoms with Crippen LogP contribution >= 0.6 is 0 Å². The predicted octanol–water partition coefficient (Wildman–Crippen LogP) is 7.49. The number of hydrogen-bond acceptors (Lipinski definition) is 2. The maximum atomic E-state index is 9.12. The molecule has 1 N–H and O–H groups in total. The second-order valence-corrected chi connectivity index (χ2v) is 8.40. The summed E-state index contributed by atoms with van der Waals surface area (Å²) >= 11 is 0. The third-order valence-electron chi connectivity index (χ3n) is 4.12. The Morgan fingerprint density at radius 3 is 1.67 bits per heavy atom. The van der Waals surface area contributed by atoms with E-state index in [0.717, 1.165) is 18.9 Å². The smallest absolute Gasteiger partial charge is 0.0824 e. The number of ether oxygens (including phenoxy) is 1. The van der Waals surface area contributed by atoms with Gasteiger partial charge in [-0.3, -0.25) is 0 Å². The van der Waals surface area contributed by atoms with Crippen LogP contribution in [-0.2, 0) is 4.74 Å². The zero-order chi connectivity index (χ0) is 21.1. The summed E-state index contributed by atoms with van der Waals surface area (Å²) in [5.74, 6) is 1.04. The third-order valence-corrected chi connectivity index (χ3v) is 4.12. The van der Waals surface area contributed by atoms with Crippen molar-refractivity contribution in [1.82, 2.24) is 0 Å². The quantitative estimate of drug-likeness (QED) is 0.548. The summed E-state index contributed by atoms with van der Waals surface area (Å²) < 4.78 is 5.10. The van der Waals surface area contributed by atoms with Crippen LogP contribution in [0.25, 0.3) is 0 Å². The van der Waals surface area contributed by atoms with Crippen LogP contribution in [0.2, 0.25) is 0 Å². The van der Waals surface area contributed by atoms with Crippen molar-refractivity contribution in [1.29, 1.82) is 0 Å². The van der Waals surface area contributed by atoms with Crippen molar-refractivity contribution < 1.29 is 9.84 Å². The lowest BCUT2D eigenvalue weighted by Gasteiger charge is -2.16. The molecule has 1 aliphatic carbocycles. The fourth-order valence-corrected chi connectivity index (χ4v) is 2.44. The van der Waals surface area contributed by atoms with Crippen LogP contribution in [0, 0.1) is 19.8 Å². The van der Waals surface area contributed by atoms with Gasteiger partial charge in [0.1, 0.15) is 0 Å². The third kappa shape index (κ3) is 23.1. The number of aryl methyl sites for hydroxylation is 2. The number of benzene rings is 1. The molecule has 0 atom stereocenters. The van der Waals surface area contributed by atoms with E-state index in [2.05, 4.69) is 58.9 Å². The molecule has 27 heavy (non-hydrogen) atoms. The molecule has 0 aliphatic heterocycles. The van der Waals surface area contributed by atoms with Gasteiger partial charge in [-0.15, -0.1) is 0 Å². The molecule has 0 bridgehead atoms. The van der Waals surface area contributed by atoms with Crippen LogP contribution in [0.15, 0.2) is 24.3 Å². The van der Waals surface area contributed by atoms with Crippen molar-refractivity contribution in [2.45, 2.75) is 106 Å². The highest BCUT2D eigenvalue weighted by molar-refractivity contribution is 5.23. The van der Waals surface area contributed by atoms with Crippen LogP contribution in [0.3, 0.4) is 0 Å². The molecular weight excluding hydrogens is 332 g/mol. The van der Waals surface area contributed by atoms with Crippen LogP contribution in [0.4, 0.5) is 0 Å². The Labute approximate surface area is 170 Å². The maximum Gasteiger partial charge on any atom is 0.0824 e. The number of hydrogen-bond donors (Lipinski definition) is 1. The summed E-state index contributed by atoms with van der Waals surface area (Å²) in [5, 5.41) is 9.12. The van der Waals surface area contributed by atoms with Crippen molar-refractivity contribution in [2.75, 3.05) is 13.2 Å². The van der Waals surface area contributed by atoms with Crippen LogP contribution in [0.5, 0.6) is 0 Å². The lowest BCUT2D eigenvalue weighted by Crippen LogP contribution is -2.26. The summed E-state index contributed by atoms with van der Waals surface area (Å²) in [6, 6.07) is 8.36. The van der Waals surface area contributed by atoms with Gasteiger partial charge in [0.15, 0.2) is 0 Å². The Hall–Kier alpha value is -0.860. The van der Waals surface area contributed by atoms with E-state index < -0.39 is 5.60 Å². The summed E-state index contributed by atoms with van der Waals surface area (Å²) in [6.07, 6.45) is 9.70. The van der Waals surface area contributed by atoms with Gasteiger partial charge in [-0.1, -0.05) is 90.5 Å². The molecule has 1 fully saturated rings. The fourth-order valence-electron chi connectivity index (χ4n) is 2.44. The van der Waals surface area contributed by atoms with Gasteiger partial charge in [0.25, 0.3) is 0 Å². The molecule has 2 rings (SSSR count). The van der Waals surface area contributed by atoms with Crippen LogP contribution in [-0.4, -0.2) is 23.9 Å². The minimum absolute atomic E-state index is 0.431. The maximum absolute atomic E-state index is 9.12. The first kappa shape index (κ1) is 28.4. The van der Waals surface area contributed by atoms with Crippen molar-refractivity contribution in [3.05, 3.63) is 35.4 Å². The molecule has 2 nitrogen and oxygen atoms in total. The Balaban J connectivity index is 0. The van der Waals surface area contributed by atoms with Gasteiger partial charge in [-0.05, 0) is 51.2 Å². The zero-order valence-electron chi connectivity index (χ0n) is 19.6. The highest BCUT2D eigenvalue weighted by atomic mass is 16.5. The summed E-state index contributed by atoms with van der Waals surface area (Å²) in [6.45, 7) is 17.5. The van der Waals surface area contributed by atoms with Crippen LogP contribution < -0.4 is 0 Å². The van der Waals surface area contributed by atoms with E-state index >= 15 is 0 Å². The lowest BCUT2D eigenvalue weighted by molar-refractivity contribution is -0.0204. The normalized spacial score (nSPS) is 14.0. The predicted molar refractivity (Wildman–Crippen MR) is 122 cm³/mol. The van der Waals surface area contributed by atoms with Gasteiger partial charge in [0.2, 0.25) is 0 Å². The number of rotatable bonds is 4. The van der Waals surface area contributed by atoms with Gasteiger partial charge >= 0.3 is 0 Å². The van der Waals surface area contributed by atoms with E-state index in [1.807, 2.05) is 6.92 Å². The van der Waals surface area contributed by atoms with E-state index in [4.69, 9.17) is 9.84 Å². The van der Waals surface area contributed by atoms with Gasteiger partial charge in [-0.2, -0.15) is 0 Å². The fraction of sp³-hybridized carbons (Fsp3) is 0.760. The monoisotopic (exact) mass is 380 g/mol. The first-order chi connectivity index (χ1) is 12.7. The molecule has 0 heterocycles. The van der Waals surface area contributed by atoms with Crippen molar-refractivity contribution in [3.8, 4) is 0 Å². The molecule has 0 saturated heterocycles. The van der Waals surface area contributed by atoms with E-state index in [-0.39, 0.29) is 0 Å². The van der Waals surface area contributed by atoms with Crippen molar-refractivity contribution in [3.63, 3.8) is 0 Å². The highest BCUT2D eigenvalue weighted by Gasteiger charge is 2.11. The van der Waals surface area contributed by atoms with E-state index in [9.17, 15) is 0 Å². The molecule has 1 aromatic rings. The first-order valence-corrected chi connectivity index (χ1v) is 11.0. The van der Waals surface area contributed by atoms with Crippen molar-refractivity contribution in [2.24, 2.45) is 5.92 Å². The van der Waals surface area contributed by atoms with Gasteiger partial charge in [0.05, 0.1) is 12.2 Å². The second kappa shape index (κ2) is 18.5. The lowest BCUT2D eigenvalue weighted by atomic mass is 9.91. The molecule has 1 saturated carbocycles. The Morgan fingerprint density at radius 1 is 0.963 bits per heavy atom. The average molecular weight is 381 g/mol. The Morgan fingerprint density at radius 2 is 1.41 bits per heavy atom. The SMILES string of the molecule is CC1CCCCC1.CCC.CCCOCC(C)(C)O.Cc1ccccc1C. The molecule has 2 heteroatoms. The summed E-state index contributed by atoms with van der Waals surface area (Å²) in [7, 11) is 0. The topological polar surface area (TPSA) is 29.5 Å². The summed E-state index contributed by atoms with van der Waals surface area (Å²) in [4.78, 5) is 0. The number of aliphatic hydroxyl groups is 1. The second-order valence-electron chi connectivity index (χ2n) is 8.40. The van der Waals surface area contributed by atoms with E-state index in [1.54, 1.807) is 13.8 Å². The highest BCUT2D eigenvalue weighted by Crippen LogP contribution is 2.22. The largest absolute Gasteiger partial charge is 0.388 e. The molecule has 1 aromatic carbocycles. The Bertz CT molecular complexity index is 394. The standard InChI is InChI=1S/C8H10.C7H16O2.C7H14.C3H8/c1-7-5-3-4-6-8(7)2;1-4-5-9-6-7(2,3)8;1-7-5-3-2-4-6-7;1-3-2/h3-6H,1-2H3;8H,4-6H2,1-3H3;7H,2-6H2,1H3;3H2,1-2H3. The minimum Gasteiger partial charge on any atom is -0.388 e. The van der Waals surface area contributed by atoms with E-state index in [1.165, 1.54) is 49.7 Å². The molecule has 0 radical (unpaired) electrons. The molecule has 0 spiro atoms. The van der Waals surface area contributed by atoms with Gasteiger partial charge in [-0.25, -0.2) is 0 Å². The van der Waals surface area contributed by atoms with E-state index in [0.29, 0.717) is 6.61 Å². The Kier molecular flexibility index (Phi) is 19.4. The molecular formula is C25H48O2. The molecule has 1 aliphatic rings. The summed E-state index contributed by atoms with van der Waals surface area (Å²) in [5.41, 5.74) is 2.06. The molecule has 0 unspecified atom stereocenters. The van der Waals surface area contributed by atoms with Gasteiger partial charge < -0.3 is 9.84 Å². The minimum atomic E-state index is -0.671.